The lowest BCUT2D eigenvalue weighted by Crippen LogP contribution is -2.10. The summed E-state index contributed by atoms with van der Waals surface area (Å²) in [4.78, 5) is 18.7. The first kappa shape index (κ1) is 11.3. The van der Waals surface area contributed by atoms with Crippen LogP contribution in [0.5, 0.6) is 23.1 Å². The molecule has 1 aliphatic carbocycles. The number of aromatic amines is 1. The molecule has 6 heteroatoms. The van der Waals surface area contributed by atoms with Gasteiger partial charge >= 0.3 is 0 Å². The molecule has 0 saturated heterocycles. The van der Waals surface area contributed by atoms with E-state index in [1.54, 1.807) is 18.2 Å². The zero-order valence-electron chi connectivity index (χ0n) is 10.6. The van der Waals surface area contributed by atoms with Crippen LogP contribution in [0.15, 0.2) is 29.1 Å². The monoisotopic (exact) mass is 272 g/mol. The second-order valence-electron chi connectivity index (χ2n) is 4.86. The molecule has 1 saturated carbocycles. The molecule has 0 bridgehead atoms. The van der Waals surface area contributed by atoms with Crippen LogP contribution in [-0.4, -0.2) is 16.8 Å². The summed E-state index contributed by atoms with van der Waals surface area (Å²) in [6.45, 7) is 0.216. The molecule has 0 spiro atoms. The summed E-state index contributed by atoms with van der Waals surface area (Å²) < 4.78 is 16.2. The maximum atomic E-state index is 11.6. The van der Waals surface area contributed by atoms with E-state index in [0.717, 1.165) is 12.8 Å². The van der Waals surface area contributed by atoms with Crippen LogP contribution in [-0.2, 0) is 0 Å². The highest BCUT2D eigenvalue weighted by atomic mass is 16.7. The van der Waals surface area contributed by atoms with Crippen LogP contribution in [0.3, 0.4) is 0 Å². The fourth-order valence-electron chi connectivity index (χ4n) is 2.12. The Bertz CT molecular complexity index is 721. The second-order valence-corrected chi connectivity index (χ2v) is 4.86. The zero-order valence-corrected chi connectivity index (χ0v) is 10.6. The van der Waals surface area contributed by atoms with E-state index >= 15 is 0 Å². The maximum absolute atomic E-state index is 11.6. The van der Waals surface area contributed by atoms with Crippen molar-refractivity contribution in [3.63, 3.8) is 0 Å². The van der Waals surface area contributed by atoms with Gasteiger partial charge in [0.2, 0.25) is 12.7 Å². The number of rotatable bonds is 3. The summed E-state index contributed by atoms with van der Waals surface area (Å²) in [5.41, 5.74) is -0.197. The number of benzene rings is 1. The van der Waals surface area contributed by atoms with E-state index in [2.05, 4.69) is 9.97 Å². The average molecular weight is 272 g/mol. The Labute approximate surface area is 114 Å². The van der Waals surface area contributed by atoms with E-state index in [-0.39, 0.29) is 12.4 Å². The molecule has 1 N–H and O–H groups in total. The number of aromatic nitrogens is 2. The molecular weight excluding hydrogens is 260 g/mol. The molecule has 1 aromatic carbocycles. The van der Waals surface area contributed by atoms with Crippen molar-refractivity contribution in [1.29, 1.82) is 0 Å². The Morgan fingerprint density at radius 1 is 1.20 bits per heavy atom. The van der Waals surface area contributed by atoms with Gasteiger partial charge in [0.05, 0.1) is 6.07 Å². The van der Waals surface area contributed by atoms with Crippen molar-refractivity contribution in [1.82, 2.24) is 9.97 Å². The summed E-state index contributed by atoms with van der Waals surface area (Å²) in [7, 11) is 0. The van der Waals surface area contributed by atoms with E-state index in [9.17, 15) is 4.79 Å². The topological polar surface area (TPSA) is 73.4 Å². The van der Waals surface area contributed by atoms with Gasteiger partial charge in [0.25, 0.3) is 5.56 Å². The van der Waals surface area contributed by atoms with Gasteiger partial charge in [0.15, 0.2) is 11.5 Å². The van der Waals surface area contributed by atoms with Gasteiger partial charge in [-0.25, -0.2) is 0 Å². The van der Waals surface area contributed by atoms with Crippen molar-refractivity contribution in [2.45, 2.75) is 18.8 Å². The lowest BCUT2D eigenvalue weighted by Gasteiger charge is -2.06. The van der Waals surface area contributed by atoms with Gasteiger partial charge in [0.1, 0.15) is 11.6 Å². The summed E-state index contributed by atoms with van der Waals surface area (Å²) in [5.74, 6) is 3.25. The lowest BCUT2D eigenvalue weighted by molar-refractivity contribution is 0.174. The molecule has 6 nitrogen and oxygen atoms in total. The molecule has 1 aromatic heterocycles. The number of nitrogens with zero attached hydrogens (tertiary/aromatic N) is 1. The number of nitrogens with one attached hydrogen (secondary N) is 1. The van der Waals surface area contributed by atoms with Gasteiger partial charge in [-0.1, -0.05) is 0 Å². The Morgan fingerprint density at radius 2 is 2.05 bits per heavy atom. The van der Waals surface area contributed by atoms with Crippen molar-refractivity contribution in [3.05, 3.63) is 40.4 Å². The van der Waals surface area contributed by atoms with Crippen LogP contribution in [0.1, 0.15) is 24.6 Å². The molecule has 2 aliphatic rings. The third-order valence-electron chi connectivity index (χ3n) is 3.27. The standard InChI is InChI=1S/C14H12N2O4/c17-12-6-13(16-14(15-12)8-1-2-8)20-9-3-4-10-11(5-9)19-7-18-10/h3-6,8H,1-2,7H2,(H,15,16,17). The van der Waals surface area contributed by atoms with Crippen molar-refractivity contribution < 1.29 is 14.2 Å². The third kappa shape index (κ3) is 2.09. The maximum Gasteiger partial charge on any atom is 0.254 e. The minimum absolute atomic E-state index is 0.197. The Kier molecular flexibility index (Phi) is 2.42. The molecule has 2 heterocycles. The number of hydrogen-bond acceptors (Lipinski definition) is 5. The van der Waals surface area contributed by atoms with E-state index in [0.29, 0.717) is 34.9 Å². The van der Waals surface area contributed by atoms with E-state index < -0.39 is 0 Å². The third-order valence-corrected chi connectivity index (χ3v) is 3.27. The van der Waals surface area contributed by atoms with E-state index in [1.807, 2.05) is 0 Å². The van der Waals surface area contributed by atoms with Crippen molar-refractivity contribution >= 4 is 0 Å². The summed E-state index contributed by atoms with van der Waals surface area (Å²) in [6, 6.07) is 6.60. The summed E-state index contributed by atoms with van der Waals surface area (Å²) >= 11 is 0. The fourth-order valence-corrected chi connectivity index (χ4v) is 2.12. The number of hydrogen-bond donors (Lipinski definition) is 1. The summed E-state index contributed by atoms with van der Waals surface area (Å²) in [5, 5.41) is 0. The van der Waals surface area contributed by atoms with Crippen LogP contribution in [0, 0.1) is 0 Å². The van der Waals surface area contributed by atoms with E-state index in [1.165, 1.54) is 6.07 Å². The Morgan fingerprint density at radius 3 is 2.90 bits per heavy atom. The van der Waals surface area contributed by atoms with Crippen LogP contribution in [0.2, 0.25) is 0 Å². The van der Waals surface area contributed by atoms with Crippen LogP contribution < -0.4 is 19.8 Å². The molecule has 0 unspecified atom stereocenters. The molecule has 0 amide bonds. The SMILES string of the molecule is O=c1cc(Oc2ccc3c(c2)OCO3)nc(C2CC2)[nH]1. The number of ether oxygens (including phenoxy) is 3. The minimum Gasteiger partial charge on any atom is -0.454 e. The van der Waals surface area contributed by atoms with Gasteiger partial charge in [-0.05, 0) is 25.0 Å². The number of fused-ring (bicyclic) bond motifs is 1. The number of H-pyrrole nitrogens is 1. The average Bonchev–Trinajstić information content (AvgIpc) is 3.17. The van der Waals surface area contributed by atoms with Crippen molar-refractivity contribution in [2.75, 3.05) is 6.79 Å². The predicted octanol–water partition coefficient (Wildman–Crippen LogP) is 2.17. The molecule has 1 fully saturated rings. The van der Waals surface area contributed by atoms with Crippen LogP contribution >= 0.6 is 0 Å². The molecule has 102 valence electrons. The predicted molar refractivity (Wildman–Crippen MR) is 69.5 cm³/mol. The zero-order chi connectivity index (χ0) is 13.5. The Balaban J connectivity index is 1.63. The highest BCUT2D eigenvalue weighted by Gasteiger charge is 2.26. The van der Waals surface area contributed by atoms with Crippen molar-refractivity contribution in [3.8, 4) is 23.1 Å². The lowest BCUT2D eigenvalue weighted by atomic mass is 10.3. The first-order valence-electron chi connectivity index (χ1n) is 6.47. The van der Waals surface area contributed by atoms with Gasteiger partial charge in [-0.2, -0.15) is 4.98 Å². The van der Waals surface area contributed by atoms with Gasteiger partial charge < -0.3 is 19.2 Å². The first-order chi connectivity index (χ1) is 9.78. The summed E-state index contributed by atoms with van der Waals surface area (Å²) in [6.07, 6.45) is 2.13. The smallest absolute Gasteiger partial charge is 0.254 e. The fraction of sp³-hybridized carbons (Fsp3) is 0.286. The van der Waals surface area contributed by atoms with Gasteiger partial charge in [0, 0.05) is 12.0 Å². The largest absolute Gasteiger partial charge is 0.454 e. The van der Waals surface area contributed by atoms with Crippen molar-refractivity contribution in [2.24, 2.45) is 0 Å². The van der Waals surface area contributed by atoms with Gasteiger partial charge in [-0.15, -0.1) is 0 Å². The molecule has 0 atom stereocenters. The normalized spacial score (nSPS) is 16.2. The molecular formula is C14H12N2O4. The van der Waals surface area contributed by atoms with E-state index in [4.69, 9.17) is 14.2 Å². The second kappa shape index (κ2) is 4.26. The molecule has 1 aliphatic heterocycles. The van der Waals surface area contributed by atoms with Crippen LogP contribution in [0.4, 0.5) is 0 Å². The quantitative estimate of drug-likeness (QED) is 0.926. The molecule has 2 aromatic rings. The minimum atomic E-state index is -0.197. The van der Waals surface area contributed by atoms with Gasteiger partial charge in [-0.3, -0.25) is 4.79 Å². The highest BCUT2D eigenvalue weighted by Crippen LogP contribution is 2.39. The van der Waals surface area contributed by atoms with Crippen LogP contribution in [0.25, 0.3) is 0 Å². The first-order valence-corrected chi connectivity index (χ1v) is 6.47. The molecule has 4 rings (SSSR count). The Hall–Kier alpha value is -2.50. The highest BCUT2D eigenvalue weighted by molar-refractivity contribution is 5.47. The molecule has 0 radical (unpaired) electrons. The molecule has 20 heavy (non-hydrogen) atoms.